The highest BCUT2D eigenvalue weighted by Gasteiger charge is 2.09. The zero-order valence-electron chi connectivity index (χ0n) is 14.9. The van der Waals surface area contributed by atoms with Gasteiger partial charge in [0.1, 0.15) is 5.75 Å². The van der Waals surface area contributed by atoms with Crippen molar-refractivity contribution in [2.45, 2.75) is 19.8 Å². The number of aryl methyl sites for hydroxylation is 2. The predicted octanol–water partition coefficient (Wildman–Crippen LogP) is 2.70. The standard InChI is InChI=1S/C19H23N3O3.ClH/c1-13-3-5-14(6-4-13)7-10-18(23)21-12-19(24)22-17-11-15(25-2)8-9-16(17)20;/h3-6,8-9,11H,7,10,12,20H2,1-2H3,(H,21,23)(H,22,24);1H. The molecule has 0 unspecified atom stereocenters. The molecule has 0 spiro atoms. The highest BCUT2D eigenvalue weighted by atomic mass is 35.5. The van der Waals surface area contributed by atoms with E-state index in [1.54, 1.807) is 18.2 Å². The van der Waals surface area contributed by atoms with E-state index in [-0.39, 0.29) is 30.8 Å². The highest BCUT2D eigenvalue weighted by Crippen LogP contribution is 2.24. The summed E-state index contributed by atoms with van der Waals surface area (Å²) in [5, 5.41) is 5.27. The second kappa shape index (κ2) is 10.3. The third-order valence-electron chi connectivity index (χ3n) is 3.74. The molecule has 0 fully saturated rings. The molecule has 2 aromatic carbocycles. The van der Waals surface area contributed by atoms with E-state index in [2.05, 4.69) is 10.6 Å². The summed E-state index contributed by atoms with van der Waals surface area (Å²) < 4.78 is 5.09. The van der Waals surface area contributed by atoms with Gasteiger partial charge in [-0.2, -0.15) is 0 Å². The summed E-state index contributed by atoms with van der Waals surface area (Å²) in [7, 11) is 1.53. The van der Waals surface area contributed by atoms with Gasteiger partial charge in [0, 0.05) is 12.5 Å². The Bertz CT molecular complexity index is 748. The molecule has 140 valence electrons. The molecule has 2 rings (SSSR count). The number of carbonyl (C=O) groups excluding carboxylic acids is 2. The average molecular weight is 378 g/mol. The van der Waals surface area contributed by atoms with Crippen LogP contribution in [-0.4, -0.2) is 25.5 Å². The monoisotopic (exact) mass is 377 g/mol. The third kappa shape index (κ3) is 6.64. The fraction of sp³-hybridized carbons (Fsp3) is 0.263. The van der Waals surface area contributed by atoms with Crippen LogP contribution in [-0.2, 0) is 16.0 Å². The number of anilines is 2. The summed E-state index contributed by atoms with van der Waals surface area (Å²) in [4.78, 5) is 23.8. The SMILES string of the molecule is COc1ccc(N)c(NC(=O)CNC(=O)CCc2ccc(C)cc2)c1.Cl. The first kappa shape index (κ1) is 21.3. The van der Waals surface area contributed by atoms with Gasteiger partial charge in [-0.3, -0.25) is 9.59 Å². The number of nitrogens with two attached hydrogens (primary N) is 1. The van der Waals surface area contributed by atoms with E-state index in [1.807, 2.05) is 31.2 Å². The minimum atomic E-state index is -0.344. The van der Waals surface area contributed by atoms with Crippen molar-refractivity contribution >= 4 is 35.6 Å². The Labute approximate surface area is 159 Å². The number of amides is 2. The van der Waals surface area contributed by atoms with E-state index in [9.17, 15) is 9.59 Å². The minimum Gasteiger partial charge on any atom is -0.497 e. The van der Waals surface area contributed by atoms with Gasteiger partial charge in [-0.25, -0.2) is 0 Å². The van der Waals surface area contributed by atoms with Crippen molar-refractivity contribution in [1.29, 1.82) is 0 Å². The fourth-order valence-corrected chi connectivity index (χ4v) is 2.24. The summed E-state index contributed by atoms with van der Waals surface area (Å²) >= 11 is 0. The maximum Gasteiger partial charge on any atom is 0.243 e. The normalized spacial score (nSPS) is 9.77. The lowest BCUT2D eigenvalue weighted by atomic mass is 10.1. The van der Waals surface area contributed by atoms with Crippen LogP contribution in [0.4, 0.5) is 11.4 Å². The van der Waals surface area contributed by atoms with Gasteiger partial charge in [-0.1, -0.05) is 29.8 Å². The van der Waals surface area contributed by atoms with Gasteiger partial charge in [0.05, 0.1) is 25.0 Å². The van der Waals surface area contributed by atoms with Crippen LogP contribution >= 0.6 is 12.4 Å². The molecule has 0 heterocycles. The lowest BCUT2D eigenvalue weighted by Gasteiger charge is -2.10. The average Bonchev–Trinajstić information content (AvgIpc) is 2.61. The molecule has 6 nitrogen and oxygen atoms in total. The smallest absolute Gasteiger partial charge is 0.243 e. The van der Waals surface area contributed by atoms with Crippen LogP contribution in [0.3, 0.4) is 0 Å². The number of carbonyl (C=O) groups is 2. The molecular weight excluding hydrogens is 354 g/mol. The molecule has 0 saturated heterocycles. The van der Waals surface area contributed by atoms with E-state index in [0.717, 1.165) is 5.56 Å². The molecule has 0 bridgehead atoms. The molecule has 0 aliphatic heterocycles. The van der Waals surface area contributed by atoms with Gasteiger partial charge in [-0.15, -0.1) is 12.4 Å². The van der Waals surface area contributed by atoms with Crippen LogP contribution in [0.15, 0.2) is 42.5 Å². The summed E-state index contributed by atoms with van der Waals surface area (Å²) in [6.45, 7) is 1.91. The first-order valence-electron chi connectivity index (χ1n) is 8.03. The van der Waals surface area contributed by atoms with Crippen molar-refractivity contribution in [3.63, 3.8) is 0 Å². The van der Waals surface area contributed by atoms with Crippen molar-refractivity contribution in [3.8, 4) is 5.75 Å². The second-order valence-corrected chi connectivity index (χ2v) is 5.76. The third-order valence-corrected chi connectivity index (χ3v) is 3.74. The Morgan fingerprint density at radius 2 is 1.77 bits per heavy atom. The van der Waals surface area contributed by atoms with E-state index in [1.165, 1.54) is 12.7 Å². The number of hydrogen-bond donors (Lipinski definition) is 3. The molecule has 4 N–H and O–H groups in total. The largest absolute Gasteiger partial charge is 0.497 e. The van der Waals surface area contributed by atoms with Crippen LogP contribution in [0.5, 0.6) is 5.75 Å². The maximum atomic E-state index is 12.0. The van der Waals surface area contributed by atoms with Crippen LogP contribution in [0.25, 0.3) is 0 Å². The summed E-state index contributed by atoms with van der Waals surface area (Å²) in [5.41, 5.74) is 8.97. The number of ether oxygens (including phenoxy) is 1. The van der Waals surface area contributed by atoms with Crippen LogP contribution in [0.1, 0.15) is 17.5 Å². The zero-order valence-corrected chi connectivity index (χ0v) is 15.7. The van der Waals surface area contributed by atoms with Crippen LogP contribution < -0.4 is 21.1 Å². The topological polar surface area (TPSA) is 93.4 Å². The van der Waals surface area contributed by atoms with Crippen LogP contribution in [0.2, 0.25) is 0 Å². The molecule has 0 aliphatic carbocycles. The first-order chi connectivity index (χ1) is 12.0. The van der Waals surface area contributed by atoms with Crippen LogP contribution in [0, 0.1) is 6.92 Å². The summed E-state index contributed by atoms with van der Waals surface area (Å²) in [6, 6.07) is 13.0. The van der Waals surface area contributed by atoms with Crippen molar-refractivity contribution in [1.82, 2.24) is 5.32 Å². The van der Waals surface area contributed by atoms with Gasteiger partial charge in [-0.05, 0) is 31.0 Å². The molecule has 0 radical (unpaired) electrons. The molecular formula is C19H24ClN3O3. The second-order valence-electron chi connectivity index (χ2n) is 5.76. The molecule has 7 heteroatoms. The van der Waals surface area contributed by atoms with E-state index in [0.29, 0.717) is 30.0 Å². The summed E-state index contributed by atoms with van der Waals surface area (Å²) in [5.74, 6) is 0.0737. The number of nitrogen functional groups attached to an aromatic ring is 1. The van der Waals surface area contributed by atoms with E-state index < -0.39 is 0 Å². The van der Waals surface area contributed by atoms with Gasteiger partial charge in [0.2, 0.25) is 11.8 Å². The van der Waals surface area contributed by atoms with Gasteiger partial charge < -0.3 is 21.1 Å². The van der Waals surface area contributed by atoms with Crippen molar-refractivity contribution in [2.24, 2.45) is 0 Å². The Kier molecular flexibility index (Phi) is 8.45. The number of benzene rings is 2. The molecule has 2 aromatic rings. The molecule has 0 aromatic heterocycles. The maximum absolute atomic E-state index is 12.0. The molecule has 26 heavy (non-hydrogen) atoms. The van der Waals surface area contributed by atoms with Gasteiger partial charge in [0.25, 0.3) is 0 Å². The molecule has 0 aliphatic rings. The Hall–Kier alpha value is -2.73. The first-order valence-corrected chi connectivity index (χ1v) is 8.03. The molecule has 0 saturated carbocycles. The number of methoxy groups -OCH3 is 1. The van der Waals surface area contributed by atoms with E-state index >= 15 is 0 Å². The Morgan fingerprint density at radius 3 is 2.42 bits per heavy atom. The lowest BCUT2D eigenvalue weighted by Crippen LogP contribution is -2.33. The quantitative estimate of drug-likeness (QED) is 0.647. The number of hydrogen-bond acceptors (Lipinski definition) is 4. The number of halogens is 1. The zero-order chi connectivity index (χ0) is 18.2. The van der Waals surface area contributed by atoms with Crippen molar-refractivity contribution < 1.29 is 14.3 Å². The lowest BCUT2D eigenvalue weighted by molar-refractivity contribution is -0.124. The van der Waals surface area contributed by atoms with E-state index in [4.69, 9.17) is 10.5 Å². The molecule has 0 atom stereocenters. The minimum absolute atomic E-state index is 0. The Morgan fingerprint density at radius 1 is 1.08 bits per heavy atom. The Balaban J connectivity index is 0.00000338. The number of rotatable bonds is 7. The van der Waals surface area contributed by atoms with Crippen molar-refractivity contribution in [3.05, 3.63) is 53.6 Å². The van der Waals surface area contributed by atoms with Gasteiger partial charge >= 0.3 is 0 Å². The van der Waals surface area contributed by atoms with Crippen molar-refractivity contribution in [2.75, 3.05) is 24.7 Å². The predicted molar refractivity (Wildman–Crippen MR) is 106 cm³/mol. The van der Waals surface area contributed by atoms with Gasteiger partial charge in [0.15, 0.2) is 0 Å². The highest BCUT2D eigenvalue weighted by molar-refractivity contribution is 5.97. The molecule has 2 amide bonds. The number of nitrogens with one attached hydrogen (secondary N) is 2. The fourth-order valence-electron chi connectivity index (χ4n) is 2.24. The summed E-state index contributed by atoms with van der Waals surface area (Å²) in [6.07, 6.45) is 0.966.